The molecule has 1 nitrogen and oxygen atoms in total. The summed E-state index contributed by atoms with van der Waals surface area (Å²) in [4.78, 5) is 0. The Bertz CT molecular complexity index is 435. The molecule has 0 amide bonds. The Morgan fingerprint density at radius 3 is 2.75 bits per heavy atom. The molecule has 1 aliphatic carbocycles. The van der Waals surface area contributed by atoms with Gasteiger partial charge in [-0.05, 0) is 71.2 Å². The van der Waals surface area contributed by atoms with Gasteiger partial charge in [0.1, 0.15) is 0 Å². The van der Waals surface area contributed by atoms with Crippen molar-refractivity contribution in [3.8, 4) is 0 Å². The van der Waals surface area contributed by atoms with Crippen LogP contribution >= 0.6 is 34.2 Å². The molecular formula is C17H25ClIN. The summed E-state index contributed by atoms with van der Waals surface area (Å²) in [5, 5.41) is 4.59. The Balaban J connectivity index is 2.31. The Morgan fingerprint density at radius 1 is 1.30 bits per heavy atom. The van der Waals surface area contributed by atoms with Gasteiger partial charge in [-0.15, -0.1) is 0 Å². The predicted molar refractivity (Wildman–Crippen MR) is 96.3 cm³/mol. The maximum atomic E-state index is 6.24. The van der Waals surface area contributed by atoms with Gasteiger partial charge in [0.15, 0.2) is 0 Å². The normalized spacial score (nSPS) is 24.6. The van der Waals surface area contributed by atoms with Crippen molar-refractivity contribution in [3.63, 3.8) is 0 Å². The highest BCUT2D eigenvalue weighted by Gasteiger charge is 2.32. The van der Waals surface area contributed by atoms with Crippen LogP contribution in [0, 0.1) is 15.4 Å². The largest absolute Gasteiger partial charge is 0.310 e. The van der Waals surface area contributed by atoms with E-state index in [0.717, 1.165) is 23.4 Å². The van der Waals surface area contributed by atoms with E-state index in [2.05, 4.69) is 53.9 Å². The monoisotopic (exact) mass is 405 g/mol. The van der Waals surface area contributed by atoms with Crippen LogP contribution in [0.5, 0.6) is 0 Å². The molecule has 3 atom stereocenters. The molecule has 3 heteroatoms. The molecule has 0 aliphatic heterocycles. The molecule has 1 fully saturated rings. The van der Waals surface area contributed by atoms with Gasteiger partial charge < -0.3 is 5.32 Å². The fraction of sp³-hybridized carbons (Fsp3) is 0.647. The van der Waals surface area contributed by atoms with E-state index in [1.54, 1.807) is 0 Å². The molecule has 0 saturated heterocycles. The number of benzene rings is 1. The zero-order chi connectivity index (χ0) is 14.5. The fourth-order valence-corrected chi connectivity index (χ4v) is 4.50. The standard InChI is InChI=1S/C17H25ClIN/c1-3-12-7-5-6-8-14(12)17(20-4-2)15-11-13(18)9-10-16(15)19/h9-12,14,17,20H,3-8H2,1-2H3. The molecule has 0 aromatic heterocycles. The van der Waals surface area contributed by atoms with Gasteiger partial charge in [0.25, 0.3) is 0 Å². The van der Waals surface area contributed by atoms with Gasteiger partial charge in [0, 0.05) is 14.6 Å². The molecule has 0 bridgehead atoms. The number of nitrogens with one attached hydrogen (secondary N) is 1. The molecule has 1 aromatic carbocycles. The van der Waals surface area contributed by atoms with E-state index in [0.29, 0.717) is 6.04 Å². The van der Waals surface area contributed by atoms with Crippen molar-refractivity contribution in [1.82, 2.24) is 5.32 Å². The zero-order valence-electron chi connectivity index (χ0n) is 12.5. The number of hydrogen-bond donors (Lipinski definition) is 1. The maximum absolute atomic E-state index is 6.24. The maximum Gasteiger partial charge on any atom is 0.0410 e. The second kappa shape index (κ2) is 8.00. The lowest BCUT2D eigenvalue weighted by Crippen LogP contribution is -2.34. The topological polar surface area (TPSA) is 12.0 Å². The van der Waals surface area contributed by atoms with Crippen molar-refractivity contribution in [2.75, 3.05) is 6.54 Å². The van der Waals surface area contributed by atoms with Crippen LogP contribution in [0.15, 0.2) is 18.2 Å². The van der Waals surface area contributed by atoms with Crippen LogP contribution in [-0.4, -0.2) is 6.54 Å². The fourth-order valence-electron chi connectivity index (χ4n) is 3.65. The van der Waals surface area contributed by atoms with Gasteiger partial charge in [-0.25, -0.2) is 0 Å². The van der Waals surface area contributed by atoms with Crippen LogP contribution in [-0.2, 0) is 0 Å². The number of halogens is 2. The first-order valence-corrected chi connectivity index (χ1v) is 9.31. The highest BCUT2D eigenvalue weighted by atomic mass is 127. The average Bonchev–Trinajstić information content (AvgIpc) is 2.47. The van der Waals surface area contributed by atoms with E-state index in [4.69, 9.17) is 11.6 Å². The van der Waals surface area contributed by atoms with E-state index in [-0.39, 0.29) is 0 Å². The van der Waals surface area contributed by atoms with E-state index < -0.39 is 0 Å². The Hall–Kier alpha value is 0.200. The Labute approximate surface area is 142 Å². The van der Waals surface area contributed by atoms with Crippen LogP contribution in [0.1, 0.15) is 57.6 Å². The summed E-state index contributed by atoms with van der Waals surface area (Å²) in [6.07, 6.45) is 6.81. The molecule has 1 aliphatic rings. The molecular weight excluding hydrogens is 381 g/mol. The lowest BCUT2D eigenvalue weighted by atomic mass is 9.72. The van der Waals surface area contributed by atoms with Crippen molar-refractivity contribution in [1.29, 1.82) is 0 Å². The number of rotatable bonds is 5. The second-order valence-electron chi connectivity index (χ2n) is 5.82. The molecule has 0 heterocycles. The minimum atomic E-state index is 0.454. The molecule has 3 unspecified atom stereocenters. The van der Waals surface area contributed by atoms with Gasteiger partial charge >= 0.3 is 0 Å². The summed E-state index contributed by atoms with van der Waals surface area (Å²) in [6.45, 7) is 5.56. The summed E-state index contributed by atoms with van der Waals surface area (Å²) in [5.41, 5.74) is 1.39. The quantitative estimate of drug-likeness (QED) is 0.609. The first-order chi connectivity index (χ1) is 9.67. The molecule has 0 spiro atoms. The summed E-state index contributed by atoms with van der Waals surface area (Å²) in [7, 11) is 0. The highest BCUT2D eigenvalue weighted by molar-refractivity contribution is 14.1. The Kier molecular flexibility index (Phi) is 6.63. The van der Waals surface area contributed by atoms with Crippen LogP contribution in [0.2, 0.25) is 5.02 Å². The zero-order valence-corrected chi connectivity index (χ0v) is 15.4. The first kappa shape index (κ1) is 16.6. The predicted octanol–water partition coefficient (Wildman–Crippen LogP) is 5.81. The van der Waals surface area contributed by atoms with Crippen molar-refractivity contribution >= 4 is 34.2 Å². The summed E-state index contributed by atoms with van der Waals surface area (Å²) in [5.74, 6) is 1.60. The van der Waals surface area contributed by atoms with E-state index >= 15 is 0 Å². The lowest BCUT2D eigenvalue weighted by molar-refractivity contribution is 0.176. The van der Waals surface area contributed by atoms with Crippen molar-refractivity contribution in [2.24, 2.45) is 11.8 Å². The average molecular weight is 406 g/mol. The molecule has 20 heavy (non-hydrogen) atoms. The second-order valence-corrected chi connectivity index (χ2v) is 7.42. The molecule has 1 aromatic rings. The van der Waals surface area contributed by atoms with Crippen LogP contribution < -0.4 is 5.32 Å². The van der Waals surface area contributed by atoms with Gasteiger partial charge in [0.2, 0.25) is 0 Å². The molecule has 1 saturated carbocycles. The third kappa shape index (κ3) is 3.89. The first-order valence-electron chi connectivity index (χ1n) is 7.85. The number of hydrogen-bond acceptors (Lipinski definition) is 1. The SMILES string of the molecule is CCNC(c1cc(Cl)ccc1I)C1CCCCC1CC. The minimum absolute atomic E-state index is 0.454. The molecule has 2 rings (SSSR count). The van der Waals surface area contributed by atoms with Gasteiger partial charge in [-0.1, -0.05) is 51.1 Å². The third-order valence-electron chi connectivity index (χ3n) is 4.64. The van der Waals surface area contributed by atoms with Crippen molar-refractivity contribution in [3.05, 3.63) is 32.4 Å². The van der Waals surface area contributed by atoms with E-state index in [1.807, 2.05) is 6.07 Å². The molecule has 0 radical (unpaired) electrons. The summed E-state index contributed by atoms with van der Waals surface area (Å²) < 4.78 is 1.33. The van der Waals surface area contributed by atoms with Crippen LogP contribution in [0.4, 0.5) is 0 Å². The van der Waals surface area contributed by atoms with Crippen molar-refractivity contribution < 1.29 is 0 Å². The van der Waals surface area contributed by atoms with Gasteiger partial charge in [0.05, 0.1) is 0 Å². The molecule has 1 N–H and O–H groups in total. The van der Waals surface area contributed by atoms with Crippen LogP contribution in [0.3, 0.4) is 0 Å². The van der Waals surface area contributed by atoms with Crippen LogP contribution in [0.25, 0.3) is 0 Å². The smallest absolute Gasteiger partial charge is 0.0410 e. The molecule has 112 valence electrons. The Morgan fingerprint density at radius 2 is 2.05 bits per heavy atom. The third-order valence-corrected chi connectivity index (χ3v) is 5.86. The lowest BCUT2D eigenvalue weighted by Gasteiger charge is -2.38. The highest BCUT2D eigenvalue weighted by Crippen LogP contribution is 2.41. The minimum Gasteiger partial charge on any atom is -0.310 e. The van der Waals surface area contributed by atoms with Crippen molar-refractivity contribution in [2.45, 2.75) is 52.0 Å². The van der Waals surface area contributed by atoms with E-state index in [1.165, 1.54) is 41.2 Å². The van der Waals surface area contributed by atoms with Gasteiger partial charge in [-0.3, -0.25) is 0 Å². The van der Waals surface area contributed by atoms with E-state index in [9.17, 15) is 0 Å². The summed E-state index contributed by atoms with van der Waals surface area (Å²) >= 11 is 8.69. The summed E-state index contributed by atoms with van der Waals surface area (Å²) in [6, 6.07) is 6.76. The van der Waals surface area contributed by atoms with Gasteiger partial charge in [-0.2, -0.15) is 0 Å².